The van der Waals surface area contributed by atoms with E-state index < -0.39 is 0 Å². The molecule has 3 rings (SSSR count). The number of nitrogens with zero attached hydrogens (tertiary/aromatic N) is 3. The number of imidazole rings is 1. The summed E-state index contributed by atoms with van der Waals surface area (Å²) in [6.45, 7) is 2.72. The molecule has 1 heterocycles. The second-order valence-corrected chi connectivity index (χ2v) is 6.94. The lowest BCUT2D eigenvalue weighted by Crippen LogP contribution is -2.36. The van der Waals surface area contributed by atoms with Crippen LogP contribution in [0.4, 0.5) is 4.39 Å². The van der Waals surface area contributed by atoms with Gasteiger partial charge in [-0.25, -0.2) is 9.37 Å². The molecule has 0 radical (unpaired) electrons. The third-order valence-electron chi connectivity index (χ3n) is 4.97. The van der Waals surface area contributed by atoms with Crippen molar-refractivity contribution in [1.82, 2.24) is 20.2 Å². The van der Waals surface area contributed by atoms with Crippen molar-refractivity contribution >= 4 is 29.9 Å². The summed E-state index contributed by atoms with van der Waals surface area (Å²) in [5, 5.41) is 6.43. The highest BCUT2D eigenvalue weighted by Gasteiger charge is 2.13. The fourth-order valence-electron chi connectivity index (χ4n) is 3.32. The van der Waals surface area contributed by atoms with E-state index in [4.69, 9.17) is 14.2 Å². The van der Waals surface area contributed by atoms with Crippen LogP contribution in [-0.2, 0) is 13.1 Å². The van der Waals surface area contributed by atoms with E-state index in [0.717, 1.165) is 17.0 Å². The molecule has 0 saturated heterocycles. The van der Waals surface area contributed by atoms with Crippen LogP contribution in [-0.4, -0.2) is 43.9 Å². The molecule has 0 aliphatic carbocycles. The monoisotopic (exact) mass is 569 g/mol. The maximum Gasteiger partial charge on any atom is 0.203 e. The predicted octanol–water partition coefficient (Wildman–Crippen LogP) is 3.83. The van der Waals surface area contributed by atoms with Crippen molar-refractivity contribution in [2.45, 2.75) is 20.0 Å². The number of aryl methyl sites for hydroxylation is 1. The van der Waals surface area contributed by atoms with E-state index >= 15 is 0 Å². The van der Waals surface area contributed by atoms with E-state index in [2.05, 4.69) is 20.6 Å². The van der Waals surface area contributed by atoms with Gasteiger partial charge in [-0.05, 0) is 42.3 Å². The third-order valence-corrected chi connectivity index (χ3v) is 4.97. The first-order valence-electron chi connectivity index (χ1n) is 10.0. The molecule has 0 unspecified atom stereocenters. The first-order valence-corrected chi connectivity index (χ1v) is 10.0. The number of aromatic nitrogens is 2. The number of benzene rings is 2. The van der Waals surface area contributed by atoms with Crippen LogP contribution in [0.15, 0.2) is 47.7 Å². The van der Waals surface area contributed by atoms with Crippen LogP contribution in [0.25, 0.3) is 5.69 Å². The number of rotatable bonds is 8. The Morgan fingerprint density at radius 3 is 2.12 bits per heavy atom. The van der Waals surface area contributed by atoms with Crippen molar-refractivity contribution in [2.75, 3.05) is 28.4 Å². The smallest absolute Gasteiger partial charge is 0.203 e. The molecule has 0 aliphatic heterocycles. The number of hydrogen-bond acceptors (Lipinski definition) is 5. The van der Waals surface area contributed by atoms with Crippen LogP contribution in [0.5, 0.6) is 17.2 Å². The molecular weight excluding hydrogens is 540 g/mol. The molecule has 8 nitrogen and oxygen atoms in total. The number of guanidine groups is 1. The second kappa shape index (κ2) is 12.3. The summed E-state index contributed by atoms with van der Waals surface area (Å²) in [6, 6.07) is 8.86. The minimum absolute atomic E-state index is 0. The van der Waals surface area contributed by atoms with Gasteiger partial charge in [-0.2, -0.15) is 0 Å². The van der Waals surface area contributed by atoms with Crippen molar-refractivity contribution < 1.29 is 18.6 Å². The van der Waals surface area contributed by atoms with Crippen LogP contribution in [0, 0.1) is 12.7 Å². The van der Waals surface area contributed by atoms with Crippen molar-refractivity contribution in [1.29, 1.82) is 0 Å². The topological polar surface area (TPSA) is 81.9 Å². The lowest BCUT2D eigenvalue weighted by Gasteiger charge is -2.16. The summed E-state index contributed by atoms with van der Waals surface area (Å²) in [4.78, 5) is 8.37. The zero-order valence-corrected chi connectivity index (χ0v) is 21.6. The molecule has 2 N–H and O–H groups in total. The number of aliphatic imine (C=N–C) groups is 1. The molecule has 2 aromatic carbocycles. The van der Waals surface area contributed by atoms with Crippen LogP contribution in [0.2, 0.25) is 0 Å². The first-order chi connectivity index (χ1) is 15.5. The van der Waals surface area contributed by atoms with E-state index in [1.807, 2.05) is 25.1 Å². The number of methoxy groups -OCH3 is 3. The highest BCUT2D eigenvalue weighted by molar-refractivity contribution is 14.0. The van der Waals surface area contributed by atoms with E-state index in [1.54, 1.807) is 51.4 Å². The quantitative estimate of drug-likeness (QED) is 0.244. The SMILES string of the molecule is CN=C(NCc1ccc(-n2ccnc2C)c(F)c1)NCc1cc(OC)c(OC)c(OC)c1.I. The maximum absolute atomic E-state index is 14.6. The van der Waals surface area contributed by atoms with Crippen molar-refractivity contribution in [3.63, 3.8) is 0 Å². The van der Waals surface area contributed by atoms with Crippen molar-refractivity contribution in [2.24, 2.45) is 4.99 Å². The van der Waals surface area contributed by atoms with Gasteiger partial charge in [0, 0.05) is 32.5 Å². The van der Waals surface area contributed by atoms with E-state index in [0.29, 0.717) is 42.0 Å². The van der Waals surface area contributed by atoms with Gasteiger partial charge < -0.3 is 29.4 Å². The first kappa shape index (κ1) is 26.2. The normalized spacial score (nSPS) is 10.9. The summed E-state index contributed by atoms with van der Waals surface area (Å²) < 4.78 is 32.5. The highest BCUT2D eigenvalue weighted by Crippen LogP contribution is 2.38. The molecule has 0 aliphatic rings. The molecule has 0 amide bonds. The van der Waals surface area contributed by atoms with Crippen molar-refractivity contribution in [3.05, 3.63) is 65.5 Å². The summed E-state index contributed by atoms with van der Waals surface area (Å²) in [5.41, 5.74) is 2.18. The van der Waals surface area contributed by atoms with Crippen LogP contribution in [0.1, 0.15) is 17.0 Å². The average molecular weight is 569 g/mol. The van der Waals surface area contributed by atoms with Gasteiger partial charge in [-0.3, -0.25) is 4.99 Å². The Morgan fingerprint density at radius 2 is 1.64 bits per heavy atom. The maximum atomic E-state index is 14.6. The fraction of sp³-hybridized carbons (Fsp3) is 0.304. The summed E-state index contributed by atoms with van der Waals surface area (Å²) in [5.74, 6) is 2.69. The molecule has 0 bridgehead atoms. The Kier molecular flexibility index (Phi) is 9.76. The van der Waals surface area contributed by atoms with Gasteiger partial charge in [0.05, 0.1) is 27.0 Å². The molecule has 0 spiro atoms. The highest BCUT2D eigenvalue weighted by atomic mass is 127. The van der Waals surface area contributed by atoms with Gasteiger partial charge in [0.15, 0.2) is 17.5 Å². The number of halogens is 2. The zero-order chi connectivity index (χ0) is 23.1. The molecule has 0 saturated carbocycles. The average Bonchev–Trinajstić information content (AvgIpc) is 3.23. The lowest BCUT2D eigenvalue weighted by atomic mass is 10.1. The minimum atomic E-state index is -0.314. The lowest BCUT2D eigenvalue weighted by molar-refractivity contribution is 0.323. The van der Waals surface area contributed by atoms with Crippen molar-refractivity contribution in [3.8, 4) is 22.9 Å². The van der Waals surface area contributed by atoms with Gasteiger partial charge in [0.25, 0.3) is 0 Å². The Labute approximate surface area is 210 Å². The number of ether oxygens (including phenoxy) is 3. The summed E-state index contributed by atoms with van der Waals surface area (Å²) in [7, 11) is 6.40. The molecule has 3 aromatic rings. The van der Waals surface area contributed by atoms with E-state index in [1.165, 1.54) is 6.07 Å². The Morgan fingerprint density at radius 1 is 1.00 bits per heavy atom. The minimum Gasteiger partial charge on any atom is -0.493 e. The molecule has 0 atom stereocenters. The molecule has 178 valence electrons. The van der Waals surface area contributed by atoms with Crippen LogP contribution < -0.4 is 24.8 Å². The predicted molar refractivity (Wildman–Crippen MR) is 137 cm³/mol. The Bertz CT molecular complexity index is 1080. The Balaban J connectivity index is 0.00000385. The fourth-order valence-corrected chi connectivity index (χ4v) is 3.32. The van der Waals surface area contributed by atoms with Gasteiger partial charge in [-0.1, -0.05) is 6.07 Å². The number of nitrogens with one attached hydrogen (secondary N) is 2. The Hall–Kier alpha value is -3.02. The van der Waals surface area contributed by atoms with Gasteiger partial charge in [0.1, 0.15) is 11.6 Å². The van der Waals surface area contributed by atoms with E-state index in [9.17, 15) is 4.39 Å². The molecule has 0 fully saturated rings. The number of hydrogen-bond donors (Lipinski definition) is 2. The molecule has 1 aromatic heterocycles. The van der Waals surface area contributed by atoms with Crippen LogP contribution >= 0.6 is 24.0 Å². The largest absolute Gasteiger partial charge is 0.493 e. The molecule has 33 heavy (non-hydrogen) atoms. The third kappa shape index (κ3) is 6.28. The van der Waals surface area contributed by atoms with Crippen LogP contribution in [0.3, 0.4) is 0 Å². The van der Waals surface area contributed by atoms with Gasteiger partial charge in [-0.15, -0.1) is 24.0 Å². The van der Waals surface area contributed by atoms with Gasteiger partial charge >= 0.3 is 0 Å². The summed E-state index contributed by atoms with van der Waals surface area (Å²) in [6.07, 6.45) is 3.38. The standard InChI is InChI=1S/C23H28FN5O3.HI/c1-15-26-8-9-29(15)19-7-6-16(10-18(19)24)13-27-23(25-2)28-14-17-11-20(30-3)22(32-5)21(12-17)31-4;/h6-12H,13-14H2,1-5H3,(H2,25,27,28);1H. The second-order valence-electron chi connectivity index (χ2n) is 6.94. The van der Waals surface area contributed by atoms with Gasteiger partial charge in [0.2, 0.25) is 5.75 Å². The zero-order valence-electron chi connectivity index (χ0n) is 19.3. The summed E-state index contributed by atoms with van der Waals surface area (Å²) >= 11 is 0. The molecule has 10 heteroatoms. The molecular formula is C23H29FIN5O3. The van der Waals surface area contributed by atoms with E-state index in [-0.39, 0.29) is 29.8 Å².